The van der Waals surface area contributed by atoms with Crippen LogP contribution in [0.1, 0.15) is 23.2 Å². The molecule has 1 saturated heterocycles. The molecule has 2 amide bonds. The number of rotatable bonds is 6. The zero-order valence-electron chi connectivity index (χ0n) is 14.5. The predicted octanol–water partition coefficient (Wildman–Crippen LogP) is 0.952. The van der Waals surface area contributed by atoms with E-state index in [9.17, 15) is 19.7 Å². The largest absolute Gasteiger partial charge is 0.490 e. The number of piperidine rings is 1. The van der Waals surface area contributed by atoms with Gasteiger partial charge >= 0.3 is 5.69 Å². The molecule has 2 rings (SSSR count). The number of benzene rings is 1. The SMILES string of the molecule is COc1cc(C(=O)N2CCCC(C(=O)NCCN)C2)ccc1[N+](=O)[O-].Cl. The van der Waals surface area contributed by atoms with Crippen LogP contribution in [0, 0.1) is 16.0 Å². The predicted molar refractivity (Wildman–Crippen MR) is 97.6 cm³/mol. The number of nitro groups is 1. The van der Waals surface area contributed by atoms with E-state index in [1.165, 1.54) is 25.3 Å². The van der Waals surface area contributed by atoms with Crippen molar-refractivity contribution < 1.29 is 19.2 Å². The molecule has 1 unspecified atom stereocenters. The fraction of sp³-hybridized carbons (Fsp3) is 0.500. The Labute approximate surface area is 157 Å². The number of carbonyl (C=O) groups excluding carboxylic acids is 2. The summed E-state index contributed by atoms with van der Waals surface area (Å²) >= 11 is 0. The van der Waals surface area contributed by atoms with Gasteiger partial charge in [-0.3, -0.25) is 19.7 Å². The molecular weight excluding hydrogens is 364 g/mol. The Morgan fingerprint density at radius 3 is 2.81 bits per heavy atom. The number of nitro benzene ring substituents is 1. The summed E-state index contributed by atoms with van der Waals surface area (Å²) in [5.41, 5.74) is 5.48. The van der Waals surface area contributed by atoms with Crippen LogP contribution >= 0.6 is 12.4 Å². The molecule has 0 bridgehead atoms. The smallest absolute Gasteiger partial charge is 0.310 e. The number of ether oxygens (including phenoxy) is 1. The summed E-state index contributed by atoms with van der Waals surface area (Å²) in [4.78, 5) is 36.7. The Balaban J connectivity index is 0.00000338. The van der Waals surface area contributed by atoms with Crippen molar-refractivity contribution in [2.45, 2.75) is 12.8 Å². The van der Waals surface area contributed by atoms with Crippen molar-refractivity contribution in [2.75, 3.05) is 33.3 Å². The Bertz CT molecular complexity index is 670. The fourth-order valence-electron chi connectivity index (χ4n) is 2.86. The van der Waals surface area contributed by atoms with E-state index in [1.807, 2.05) is 0 Å². The molecule has 0 aliphatic carbocycles. The summed E-state index contributed by atoms with van der Waals surface area (Å²) in [5, 5.41) is 13.7. The third-order valence-electron chi connectivity index (χ3n) is 4.15. The molecule has 26 heavy (non-hydrogen) atoms. The molecule has 1 aromatic carbocycles. The Morgan fingerprint density at radius 1 is 1.46 bits per heavy atom. The van der Waals surface area contributed by atoms with Gasteiger partial charge in [0.05, 0.1) is 18.0 Å². The molecule has 3 N–H and O–H groups in total. The van der Waals surface area contributed by atoms with Crippen LogP contribution in [0.15, 0.2) is 18.2 Å². The number of carbonyl (C=O) groups is 2. The monoisotopic (exact) mass is 386 g/mol. The number of nitrogens with zero attached hydrogens (tertiary/aromatic N) is 2. The van der Waals surface area contributed by atoms with Crippen LogP contribution in [0.3, 0.4) is 0 Å². The number of amides is 2. The number of hydrogen-bond acceptors (Lipinski definition) is 6. The molecule has 1 aliphatic heterocycles. The van der Waals surface area contributed by atoms with Crippen molar-refractivity contribution >= 4 is 29.9 Å². The van der Waals surface area contributed by atoms with E-state index < -0.39 is 4.92 Å². The zero-order valence-corrected chi connectivity index (χ0v) is 15.3. The van der Waals surface area contributed by atoms with Crippen LogP contribution in [0.2, 0.25) is 0 Å². The molecule has 9 nitrogen and oxygen atoms in total. The second-order valence-electron chi connectivity index (χ2n) is 5.81. The highest BCUT2D eigenvalue weighted by molar-refractivity contribution is 5.95. The minimum absolute atomic E-state index is 0. The van der Waals surface area contributed by atoms with Gasteiger partial charge in [-0.25, -0.2) is 0 Å². The molecule has 1 atom stereocenters. The lowest BCUT2D eigenvalue weighted by Crippen LogP contribution is -2.46. The second-order valence-corrected chi connectivity index (χ2v) is 5.81. The van der Waals surface area contributed by atoms with Gasteiger partial charge in [0.25, 0.3) is 5.91 Å². The Hall–Kier alpha value is -2.39. The van der Waals surface area contributed by atoms with Gasteiger partial charge in [0.1, 0.15) is 0 Å². The van der Waals surface area contributed by atoms with Crippen LogP contribution in [0.5, 0.6) is 5.75 Å². The number of nitrogens with one attached hydrogen (secondary N) is 1. The average Bonchev–Trinajstić information content (AvgIpc) is 2.64. The summed E-state index contributed by atoms with van der Waals surface area (Å²) in [5.74, 6) is -0.622. The third-order valence-corrected chi connectivity index (χ3v) is 4.15. The van der Waals surface area contributed by atoms with E-state index in [2.05, 4.69) is 5.32 Å². The first-order chi connectivity index (χ1) is 12.0. The van der Waals surface area contributed by atoms with Gasteiger partial charge in [0.2, 0.25) is 5.91 Å². The van der Waals surface area contributed by atoms with E-state index in [-0.39, 0.29) is 41.6 Å². The van der Waals surface area contributed by atoms with Gasteiger partial charge in [-0.1, -0.05) is 0 Å². The molecule has 1 aromatic rings. The molecular formula is C16H23ClN4O5. The molecule has 144 valence electrons. The molecule has 1 fully saturated rings. The van der Waals surface area contributed by atoms with Gasteiger partial charge in [-0.05, 0) is 18.9 Å². The normalized spacial score (nSPS) is 16.4. The first kappa shape index (κ1) is 21.7. The summed E-state index contributed by atoms with van der Waals surface area (Å²) < 4.78 is 5.00. The van der Waals surface area contributed by atoms with Crippen LogP contribution in [0.4, 0.5) is 5.69 Å². The molecule has 0 radical (unpaired) electrons. The van der Waals surface area contributed by atoms with Crippen molar-refractivity contribution in [3.8, 4) is 5.75 Å². The lowest BCUT2D eigenvalue weighted by atomic mass is 9.96. The maximum absolute atomic E-state index is 12.7. The number of methoxy groups -OCH3 is 1. The maximum Gasteiger partial charge on any atom is 0.310 e. The van der Waals surface area contributed by atoms with Gasteiger partial charge in [-0.15, -0.1) is 12.4 Å². The highest BCUT2D eigenvalue weighted by Crippen LogP contribution is 2.28. The number of halogens is 1. The Kier molecular flexibility index (Phi) is 8.27. The average molecular weight is 387 g/mol. The quantitative estimate of drug-likeness (QED) is 0.553. The Morgan fingerprint density at radius 2 is 2.19 bits per heavy atom. The van der Waals surface area contributed by atoms with Crippen molar-refractivity contribution in [3.05, 3.63) is 33.9 Å². The standard InChI is InChI=1S/C16H22N4O5.ClH/c1-25-14-9-11(4-5-13(14)20(23)24)16(22)19-8-2-3-12(10-19)15(21)18-7-6-17;/h4-5,9,12H,2-3,6-8,10,17H2,1H3,(H,18,21);1H. The third kappa shape index (κ3) is 5.06. The van der Waals surface area contributed by atoms with Crippen LogP contribution in [0.25, 0.3) is 0 Å². The van der Waals surface area contributed by atoms with Gasteiger partial charge in [0, 0.05) is 43.9 Å². The second kappa shape index (κ2) is 9.93. The number of hydrogen-bond donors (Lipinski definition) is 2. The first-order valence-electron chi connectivity index (χ1n) is 8.07. The molecule has 10 heteroatoms. The number of nitrogens with two attached hydrogens (primary N) is 1. The molecule has 0 aromatic heterocycles. The molecule has 1 aliphatic rings. The molecule has 1 heterocycles. The van der Waals surface area contributed by atoms with Crippen molar-refractivity contribution in [3.63, 3.8) is 0 Å². The summed E-state index contributed by atoms with van der Waals surface area (Å²) in [6.45, 7) is 1.62. The van der Waals surface area contributed by atoms with E-state index in [0.29, 0.717) is 38.2 Å². The van der Waals surface area contributed by atoms with Crippen molar-refractivity contribution in [1.29, 1.82) is 0 Å². The minimum Gasteiger partial charge on any atom is -0.490 e. The maximum atomic E-state index is 12.7. The molecule has 0 saturated carbocycles. The minimum atomic E-state index is -0.564. The van der Waals surface area contributed by atoms with E-state index in [4.69, 9.17) is 10.5 Å². The molecule has 0 spiro atoms. The zero-order chi connectivity index (χ0) is 18.4. The van der Waals surface area contributed by atoms with Gasteiger partial charge < -0.3 is 20.7 Å². The summed E-state index contributed by atoms with van der Waals surface area (Å²) in [6, 6.07) is 4.01. The van der Waals surface area contributed by atoms with Crippen molar-refractivity contribution in [1.82, 2.24) is 10.2 Å². The lowest BCUT2D eigenvalue weighted by Gasteiger charge is -2.32. The highest BCUT2D eigenvalue weighted by Gasteiger charge is 2.29. The summed E-state index contributed by atoms with van der Waals surface area (Å²) in [6.07, 6.45) is 1.43. The van der Waals surface area contributed by atoms with Gasteiger partial charge in [0.15, 0.2) is 5.75 Å². The van der Waals surface area contributed by atoms with Gasteiger partial charge in [-0.2, -0.15) is 0 Å². The lowest BCUT2D eigenvalue weighted by molar-refractivity contribution is -0.385. The topological polar surface area (TPSA) is 128 Å². The van der Waals surface area contributed by atoms with Crippen LogP contribution in [-0.2, 0) is 4.79 Å². The van der Waals surface area contributed by atoms with E-state index in [0.717, 1.165) is 6.42 Å². The summed E-state index contributed by atoms with van der Waals surface area (Å²) in [7, 11) is 1.31. The van der Waals surface area contributed by atoms with Crippen LogP contribution < -0.4 is 15.8 Å². The highest BCUT2D eigenvalue weighted by atomic mass is 35.5. The van der Waals surface area contributed by atoms with Crippen molar-refractivity contribution in [2.24, 2.45) is 11.7 Å². The van der Waals surface area contributed by atoms with Crippen LogP contribution in [-0.4, -0.2) is 54.9 Å². The number of likely N-dealkylation sites (tertiary alicyclic amines) is 1. The fourth-order valence-corrected chi connectivity index (χ4v) is 2.86. The van der Waals surface area contributed by atoms with E-state index >= 15 is 0 Å². The van der Waals surface area contributed by atoms with E-state index in [1.54, 1.807) is 4.90 Å². The first-order valence-corrected chi connectivity index (χ1v) is 8.07.